The summed E-state index contributed by atoms with van der Waals surface area (Å²) in [6.07, 6.45) is 2.84. The number of hydrogen-bond acceptors (Lipinski definition) is 3. The highest BCUT2D eigenvalue weighted by atomic mass is 16.2. The number of carbonyl (C=O) groups excluding carboxylic acids is 2. The molecule has 0 saturated heterocycles. The van der Waals surface area contributed by atoms with Crippen molar-refractivity contribution in [3.05, 3.63) is 23.7 Å². The zero-order valence-electron chi connectivity index (χ0n) is 6.02. The van der Waals surface area contributed by atoms with Gasteiger partial charge in [0.2, 0.25) is 0 Å². The van der Waals surface area contributed by atoms with Crippen molar-refractivity contribution < 1.29 is 9.59 Å². The van der Waals surface area contributed by atoms with E-state index in [1.807, 2.05) is 5.43 Å². The molecule has 6 nitrogen and oxygen atoms in total. The van der Waals surface area contributed by atoms with Gasteiger partial charge in [0.1, 0.15) is 0 Å². The maximum Gasteiger partial charge on any atom is 0.332 e. The molecule has 0 aliphatic carbocycles. The van der Waals surface area contributed by atoms with E-state index in [1.165, 1.54) is 0 Å². The molecule has 0 heterocycles. The fraction of sp³-hybridized carbons (Fsp3) is 0. The number of hydrazone groups is 1. The van der Waals surface area contributed by atoms with E-state index in [0.29, 0.717) is 0 Å². The summed E-state index contributed by atoms with van der Waals surface area (Å²) >= 11 is 0. The van der Waals surface area contributed by atoms with Crippen molar-refractivity contribution >= 4 is 18.0 Å². The van der Waals surface area contributed by atoms with Crippen LogP contribution in [0.2, 0.25) is 0 Å². The van der Waals surface area contributed by atoms with Gasteiger partial charge in [-0.15, -0.1) is 0 Å². The Hall–Kier alpha value is -2.16. The minimum atomic E-state index is -0.854. The van der Waals surface area contributed by atoms with E-state index in [2.05, 4.69) is 15.7 Å². The number of primary amides is 1. The molecule has 0 aromatic rings. The minimum Gasteiger partial charge on any atom is -0.350 e. The van der Waals surface area contributed by atoms with Gasteiger partial charge in [0.05, 0.1) is 12.8 Å². The average Bonchev–Trinajstić information content (AvgIpc) is 2.00. The Labute approximate surface area is 68.6 Å². The lowest BCUT2D eigenvalue weighted by Gasteiger charge is -1.87. The molecule has 62 valence electrons. The molecule has 0 spiro atoms. The van der Waals surface area contributed by atoms with Crippen molar-refractivity contribution in [2.24, 2.45) is 10.8 Å². The molecular formula is C6H6N4O2. The van der Waals surface area contributed by atoms with E-state index in [0.717, 1.165) is 18.5 Å². The predicted molar refractivity (Wildman–Crippen MR) is 42.0 cm³/mol. The van der Waals surface area contributed by atoms with Crippen LogP contribution in [0.5, 0.6) is 0 Å². The Bertz CT molecular complexity index is 274. The van der Waals surface area contributed by atoms with Gasteiger partial charge in [-0.3, -0.25) is 4.79 Å². The molecule has 0 aromatic carbocycles. The number of urea groups is 1. The lowest BCUT2D eigenvalue weighted by molar-refractivity contribution is -0.108. The number of allylic oxidation sites excluding steroid dienone is 1. The van der Waals surface area contributed by atoms with Gasteiger partial charge in [0.25, 0.3) is 0 Å². The second-order valence-corrected chi connectivity index (χ2v) is 1.58. The molecule has 0 aliphatic rings. The molecule has 0 unspecified atom stereocenters. The van der Waals surface area contributed by atoms with Gasteiger partial charge in [-0.2, -0.15) is 5.10 Å². The first-order valence-electron chi connectivity index (χ1n) is 2.82. The molecule has 0 aliphatic heterocycles. The summed E-state index contributed by atoms with van der Waals surface area (Å²) in [6.45, 7) is 6.29. The van der Waals surface area contributed by atoms with Crippen LogP contribution in [0.25, 0.3) is 4.85 Å². The van der Waals surface area contributed by atoms with Gasteiger partial charge in [-0.05, 0) is 6.08 Å². The first-order valence-corrected chi connectivity index (χ1v) is 2.82. The van der Waals surface area contributed by atoms with E-state index in [1.54, 1.807) is 0 Å². The van der Waals surface area contributed by atoms with Crippen LogP contribution in [0.15, 0.2) is 17.4 Å². The third kappa shape index (κ3) is 5.97. The van der Waals surface area contributed by atoms with Gasteiger partial charge in [0.15, 0.2) is 12.0 Å². The summed E-state index contributed by atoms with van der Waals surface area (Å²) in [6, 6.07) is -0.854. The summed E-state index contributed by atoms with van der Waals surface area (Å²) in [5.41, 5.74) is 6.47. The van der Waals surface area contributed by atoms with Crippen molar-refractivity contribution in [2.45, 2.75) is 0 Å². The van der Waals surface area contributed by atoms with E-state index in [4.69, 9.17) is 6.57 Å². The summed E-state index contributed by atoms with van der Waals surface area (Å²) in [7, 11) is 0. The highest BCUT2D eigenvalue weighted by molar-refractivity contribution is 6.32. The summed E-state index contributed by atoms with van der Waals surface area (Å²) in [5.74, 6) is -0.500. The number of amides is 2. The Morgan fingerprint density at radius 1 is 1.58 bits per heavy atom. The van der Waals surface area contributed by atoms with Crippen LogP contribution in [0.1, 0.15) is 0 Å². The maximum atomic E-state index is 10.6. The lowest BCUT2D eigenvalue weighted by Crippen LogP contribution is -2.24. The van der Waals surface area contributed by atoms with Crippen LogP contribution in [-0.2, 0) is 4.79 Å². The number of rotatable bonds is 3. The van der Waals surface area contributed by atoms with Crippen molar-refractivity contribution in [3.63, 3.8) is 0 Å². The highest BCUT2D eigenvalue weighted by Gasteiger charge is 1.88. The molecule has 0 saturated carbocycles. The second-order valence-electron chi connectivity index (χ2n) is 1.58. The van der Waals surface area contributed by atoms with Crippen molar-refractivity contribution in [1.82, 2.24) is 5.43 Å². The molecule has 6 heteroatoms. The minimum absolute atomic E-state index is 0.500. The molecule has 0 rings (SSSR count). The number of hydrogen-bond donors (Lipinski definition) is 2. The highest BCUT2D eigenvalue weighted by Crippen LogP contribution is 1.74. The first kappa shape index (κ1) is 9.84. The standard InChI is InChI=1S/C6H6N4O2/c1-8-3-2-5(11)4-9-10-6(7)12/h2-4H,(H3,7,10,12)/b3-2+,9-4+. The molecule has 0 atom stereocenters. The van der Waals surface area contributed by atoms with Crippen molar-refractivity contribution in [1.29, 1.82) is 0 Å². The summed E-state index contributed by atoms with van der Waals surface area (Å²) in [5, 5.41) is 3.17. The van der Waals surface area contributed by atoms with Crippen LogP contribution >= 0.6 is 0 Å². The largest absolute Gasteiger partial charge is 0.350 e. The third-order valence-corrected chi connectivity index (χ3v) is 0.680. The normalized spacial score (nSPS) is 9.92. The second kappa shape index (κ2) is 5.61. The monoisotopic (exact) mass is 166 g/mol. The van der Waals surface area contributed by atoms with Gasteiger partial charge >= 0.3 is 6.03 Å². The van der Waals surface area contributed by atoms with E-state index in [-0.39, 0.29) is 0 Å². The Balaban J connectivity index is 3.86. The van der Waals surface area contributed by atoms with E-state index in [9.17, 15) is 9.59 Å². The van der Waals surface area contributed by atoms with Gasteiger partial charge in [0, 0.05) is 0 Å². The quantitative estimate of drug-likeness (QED) is 0.259. The molecule has 2 amide bonds. The zero-order chi connectivity index (χ0) is 9.40. The van der Waals surface area contributed by atoms with E-state index >= 15 is 0 Å². The van der Waals surface area contributed by atoms with Gasteiger partial charge in [-0.1, -0.05) is 0 Å². The first-order chi connectivity index (χ1) is 5.66. The van der Waals surface area contributed by atoms with Crippen molar-refractivity contribution in [2.75, 3.05) is 0 Å². The van der Waals surface area contributed by atoms with Crippen LogP contribution in [-0.4, -0.2) is 18.0 Å². The summed E-state index contributed by atoms with van der Waals surface area (Å²) < 4.78 is 0. The van der Waals surface area contributed by atoms with Crippen LogP contribution < -0.4 is 11.2 Å². The fourth-order valence-electron chi connectivity index (χ4n) is 0.313. The average molecular weight is 166 g/mol. The summed E-state index contributed by atoms with van der Waals surface area (Å²) in [4.78, 5) is 23.4. The molecule has 0 aromatic heterocycles. The molecule has 0 radical (unpaired) electrons. The molecule has 3 N–H and O–H groups in total. The lowest BCUT2D eigenvalue weighted by atomic mass is 10.4. The Kier molecular flexibility index (Phi) is 4.60. The smallest absolute Gasteiger partial charge is 0.332 e. The number of nitrogens with two attached hydrogens (primary N) is 1. The van der Waals surface area contributed by atoms with E-state index < -0.39 is 11.8 Å². The Morgan fingerprint density at radius 2 is 2.25 bits per heavy atom. The number of carbonyl (C=O) groups is 2. The maximum absolute atomic E-state index is 10.6. The molecule has 0 bridgehead atoms. The molecule has 12 heavy (non-hydrogen) atoms. The zero-order valence-corrected chi connectivity index (χ0v) is 6.02. The molecular weight excluding hydrogens is 160 g/mol. The number of nitrogens with zero attached hydrogens (tertiary/aromatic N) is 2. The number of nitrogens with one attached hydrogen (secondary N) is 1. The van der Waals surface area contributed by atoms with Crippen LogP contribution in [0, 0.1) is 6.57 Å². The van der Waals surface area contributed by atoms with Crippen molar-refractivity contribution in [3.8, 4) is 0 Å². The van der Waals surface area contributed by atoms with Crippen LogP contribution in [0.4, 0.5) is 4.79 Å². The van der Waals surface area contributed by atoms with Crippen LogP contribution in [0.3, 0.4) is 0 Å². The fourth-order valence-corrected chi connectivity index (χ4v) is 0.313. The topological polar surface area (TPSA) is 88.9 Å². The number of ketones is 1. The van der Waals surface area contributed by atoms with Gasteiger partial charge in [-0.25, -0.2) is 15.1 Å². The SMILES string of the molecule is [C-]#[N+]/C=C/C(=O)/C=N/NC(N)=O. The molecule has 0 fully saturated rings. The Morgan fingerprint density at radius 3 is 2.75 bits per heavy atom. The third-order valence-electron chi connectivity index (χ3n) is 0.680. The van der Waals surface area contributed by atoms with Gasteiger partial charge < -0.3 is 5.73 Å². The predicted octanol–water partition coefficient (Wildman–Crippen LogP) is -0.357.